The lowest BCUT2D eigenvalue weighted by Gasteiger charge is -2.26. The Balaban J connectivity index is 1.72. The van der Waals surface area contributed by atoms with Crippen molar-refractivity contribution in [3.05, 3.63) is 35.9 Å². The van der Waals surface area contributed by atoms with E-state index in [1.54, 1.807) is 0 Å². The number of sulfonamides is 1. The lowest BCUT2D eigenvalue weighted by atomic mass is 10.2. The van der Waals surface area contributed by atoms with Crippen molar-refractivity contribution in [3.63, 3.8) is 0 Å². The average Bonchev–Trinajstić information content (AvgIpc) is 2.37. The number of nitrogens with zero attached hydrogens (tertiary/aromatic N) is 1. The van der Waals surface area contributed by atoms with E-state index in [2.05, 4.69) is 0 Å². The van der Waals surface area contributed by atoms with Crippen molar-refractivity contribution < 1.29 is 17.9 Å². The van der Waals surface area contributed by atoms with E-state index in [1.165, 1.54) is 4.31 Å². The number of ether oxygens (including phenoxy) is 2. The summed E-state index contributed by atoms with van der Waals surface area (Å²) in [4.78, 5) is 0. The molecule has 0 radical (unpaired) electrons. The minimum atomic E-state index is -3.24. The molecule has 0 spiro atoms. The van der Waals surface area contributed by atoms with Gasteiger partial charge in [-0.05, 0) is 5.56 Å². The van der Waals surface area contributed by atoms with E-state index in [4.69, 9.17) is 9.47 Å². The molecular weight excluding hydrogens is 254 g/mol. The van der Waals surface area contributed by atoms with E-state index >= 15 is 0 Å². The topological polar surface area (TPSA) is 55.8 Å². The molecule has 1 fully saturated rings. The SMILES string of the molecule is O=S1(=O)COCCN1CCOCc1ccccc1. The summed E-state index contributed by atoms with van der Waals surface area (Å²) in [6, 6.07) is 9.80. The number of hydrogen-bond donors (Lipinski definition) is 0. The van der Waals surface area contributed by atoms with Crippen molar-refractivity contribution in [2.45, 2.75) is 6.61 Å². The molecule has 0 amide bonds. The zero-order chi connectivity index (χ0) is 12.8. The monoisotopic (exact) mass is 271 g/mol. The van der Waals surface area contributed by atoms with Crippen LogP contribution >= 0.6 is 0 Å². The fourth-order valence-corrected chi connectivity index (χ4v) is 2.91. The Bertz CT molecular complexity index is 460. The van der Waals surface area contributed by atoms with Crippen molar-refractivity contribution >= 4 is 10.0 Å². The largest absolute Gasteiger partial charge is 0.375 e. The molecule has 6 heteroatoms. The molecule has 100 valence electrons. The number of hydrogen-bond acceptors (Lipinski definition) is 4. The number of benzene rings is 1. The summed E-state index contributed by atoms with van der Waals surface area (Å²) in [5, 5.41) is 0. The second kappa shape index (κ2) is 6.29. The van der Waals surface area contributed by atoms with Crippen LogP contribution < -0.4 is 0 Å². The van der Waals surface area contributed by atoms with Gasteiger partial charge in [0.15, 0.2) is 5.94 Å². The second-order valence-electron chi connectivity index (χ2n) is 4.08. The molecule has 18 heavy (non-hydrogen) atoms. The smallest absolute Gasteiger partial charge is 0.238 e. The van der Waals surface area contributed by atoms with Crippen LogP contribution in [0.1, 0.15) is 5.56 Å². The lowest BCUT2D eigenvalue weighted by molar-refractivity contribution is 0.0887. The predicted molar refractivity (Wildman–Crippen MR) is 67.4 cm³/mol. The Hall–Kier alpha value is -0.950. The normalized spacial score (nSPS) is 19.8. The summed E-state index contributed by atoms with van der Waals surface area (Å²) in [5.74, 6) is -0.217. The number of rotatable bonds is 5. The Morgan fingerprint density at radius 1 is 1.28 bits per heavy atom. The molecule has 1 aliphatic rings. The average molecular weight is 271 g/mol. The quantitative estimate of drug-likeness (QED) is 0.744. The van der Waals surface area contributed by atoms with Gasteiger partial charge in [-0.1, -0.05) is 30.3 Å². The Labute approximate surface area is 107 Å². The van der Waals surface area contributed by atoms with Gasteiger partial charge in [-0.15, -0.1) is 0 Å². The fourth-order valence-electron chi connectivity index (χ4n) is 1.73. The Kier molecular flexibility index (Phi) is 4.71. The maximum Gasteiger partial charge on any atom is 0.238 e. The van der Waals surface area contributed by atoms with Gasteiger partial charge in [0.1, 0.15) is 0 Å². The predicted octanol–water partition coefficient (Wildman–Crippen LogP) is 0.823. The minimum absolute atomic E-state index is 0.217. The molecule has 2 rings (SSSR count). The summed E-state index contributed by atoms with van der Waals surface area (Å²) in [7, 11) is -3.24. The first-order valence-corrected chi connectivity index (χ1v) is 7.47. The van der Waals surface area contributed by atoms with E-state index in [-0.39, 0.29) is 5.94 Å². The van der Waals surface area contributed by atoms with Gasteiger partial charge in [-0.3, -0.25) is 0 Å². The van der Waals surface area contributed by atoms with Gasteiger partial charge >= 0.3 is 0 Å². The van der Waals surface area contributed by atoms with Crippen molar-refractivity contribution in [1.29, 1.82) is 0 Å². The molecule has 0 aliphatic carbocycles. The van der Waals surface area contributed by atoms with Crippen LogP contribution in [-0.2, 0) is 26.1 Å². The molecule has 5 nitrogen and oxygen atoms in total. The first kappa shape index (κ1) is 13.5. The van der Waals surface area contributed by atoms with E-state index < -0.39 is 10.0 Å². The zero-order valence-corrected chi connectivity index (χ0v) is 10.9. The molecule has 0 atom stereocenters. The summed E-state index contributed by atoms with van der Waals surface area (Å²) < 4.78 is 35.0. The van der Waals surface area contributed by atoms with Gasteiger partial charge in [0.25, 0.3) is 0 Å². The van der Waals surface area contributed by atoms with Gasteiger partial charge < -0.3 is 9.47 Å². The molecule has 1 heterocycles. The first-order valence-electron chi connectivity index (χ1n) is 5.86. The maximum absolute atomic E-state index is 11.6. The van der Waals surface area contributed by atoms with Crippen molar-refractivity contribution in [1.82, 2.24) is 4.31 Å². The highest BCUT2D eigenvalue weighted by Crippen LogP contribution is 2.08. The van der Waals surface area contributed by atoms with Gasteiger partial charge in [0.05, 0.1) is 19.8 Å². The van der Waals surface area contributed by atoms with Crippen molar-refractivity contribution in [2.24, 2.45) is 0 Å². The summed E-state index contributed by atoms with van der Waals surface area (Å²) >= 11 is 0. The third kappa shape index (κ3) is 3.78. The lowest BCUT2D eigenvalue weighted by Crippen LogP contribution is -2.42. The van der Waals surface area contributed by atoms with Gasteiger partial charge in [0, 0.05) is 13.1 Å². The van der Waals surface area contributed by atoms with Crippen LogP contribution in [0.25, 0.3) is 0 Å². The Morgan fingerprint density at radius 3 is 2.78 bits per heavy atom. The standard InChI is InChI=1S/C12H17NO4S/c14-18(15)11-17-9-7-13(18)6-8-16-10-12-4-2-1-3-5-12/h1-5H,6-11H2. The third-order valence-electron chi connectivity index (χ3n) is 2.71. The van der Waals surface area contributed by atoms with Crippen LogP contribution in [0.4, 0.5) is 0 Å². The van der Waals surface area contributed by atoms with Crippen LogP contribution in [0.3, 0.4) is 0 Å². The molecular formula is C12H17NO4S. The second-order valence-corrected chi connectivity index (χ2v) is 5.99. The fraction of sp³-hybridized carbons (Fsp3) is 0.500. The molecule has 0 saturated carbocycles. The molecule has 0 unspecified atom stereocenters. The molecule has 1 aromatic carbocycles. The molecule has 0 N–H and O–H groups in total. The summed E-state index contributed by atoms with van der Waals surface area (Å²) in [5.41, 5.74) is 1.09. The van der Waals surface area contributed by atoms with Crippen LogP contribution in [0.5, 0.6) is 0 Å². The molecule has 0 aromatic heterocycles. The van der Waals surface area contributed by atoms with E-state index in [9.17, 15) is 8.42 Å². The van der Waals surface area contributed by atoms with Crippen LogP contribution in [0.15, 0.2) is 30.3 Å². The minimum Gasteiger partial charge on any atom is -0.375 e. The highest BCUT2D eigenvalue weighted by molar-refractivity contribution is 7.88. The van der Waals surface area contributed by atoms with Crippen molar-refractivity contribution in [2.75, 3.05) is 32.2 Å². The van der Waals surface area contributed by atoms with E-state index in [0.29, 0.717) is 32.9 Å². The highest BCUT2D eigenvalue weighted by Gasteiger charge is 2.25. The van der Waals surface area contributed by atoms with Crippen molar-refractivity contribution in [3.8, 4) is 0 Å². The zero-order valence-electron chi connectivity index (χ0n) is 10.1. The summed E-state index contributed by atoms with van der Waals surface area (Å²) in [6.07, 6.45) is 0. The molecule has 1 aliphatic heterocycles. The van der Waals surface area contributed by atoms with E-state index in [1.807, 2.05) is 30.3 Å². The highest BCUT2D eigenvalue weighted by atomic mass is 32.2. The third-order valence-corrected chi connectivity index (χ3v) is 4.32. The van der Waals surface area contributed by atoms with Gasteiger partial charge in [-0.2, -0.15) is 4.31 Å². The van der Waals surface area contributed by atoms with Crippen LogP contribution in [0.2, 0.25) is 0 Å². The van der Waals surface area contributed by atoms with Gasteiger partial charge in [-0.25, -0.2) is 8.42 Å². The van der Waals surface area contributed by atoms with Gasteiger partial charge in [0.2, 0.25) is 10.0 Å². The Morgan fingerprint density at radius 2 is 2.06 bits per heavy atom. The molecule has 1 aromatic rings. The van der Waals surface area contributed by atoms with Crippen LogP contribution in [-0.4, -0.2) is 45.0 Å². The summed E-state index contributed by atoms with van der Waals surface area (Å²) in [6.45, 7) is 2.16. The first-order chi connectivity index (χ1) is 8.68. The van der Waals surface area contributed by atoms with E-state index in [0.717, 1.165) is 5.56 Å². The maximum atomic E-state index is 11.6. The molecule has 0 bridgehead atoms. The molecule has 1 saturated heterocycles. The van der Waals surface area contributed by atoms with Crippen LogP contribution in [0, 0.1) is 0 Å².